The molecule has 0 radical (unpaired) electrons. The Bertz CT molecular complexity index is 1570. The summed E-state index contributed by atoms with van der Waals surface area (Å²) in [5.74, 6) is 0.622. The highest BCUT2D eigenvalue weighted by Gasteiger charge is 2.36. The Morgan fingerprint density at radius 3 is 2.21 bits per heavy atom. The first kappa shape index (κ1) is 34.1. The Balaban J connectivity index is 1.15. The summed E-state index contributed by atoms with van der Waals surface area (Å²) < 4.78 is 0. The van der Waals surface area contributed by atoms with Crippen LogP contribution in [0.15, 0.2) is 66.7 Å². The van der Waals surface area contributed by atoms with E-state index in [1.54, 1.807) is 6.92 Å². The second-order valence-corrected chi connectivity index (χ2v) is 14.5. The zero-order valence-corrected chi connectivity index (χ0v) is 29.0. The molecular formula is C40H53N5O3. The van der Waals surface area contributed by atoms with E-state index in [1.165, 1.54) is 11.1 Å². The Kier molecular flexibility index (Phi) is 11.1. The van der Waals surface area contributed by atoms with Crippen LogP contribution in [0.5, 0.6) is 0 Å². The smallest absolute Gasteiger partial charge is 0.245 e. The van der Waals surface area contributed by atoms with Gasteiger partial charge in [-0.3, -0.25) is 19.3 Å². The van der Waals surface area contributed by atoms with Gasteiger partial charge < -0.3 is 20.4 Å². The van der Waals surface area contributed by atoms with Crippen molar-refractivity contribution in [3.63, 3.8) is 0 Å². The molecule has 6 rings (SSSR count). The third-order valence-electron chi connectivity index (χ3n) is 10.7. The van der Waals surface area contributed by atoms with E-state index < -0.39 is 6.04 Å². The molecule has 2 unspecified atom stereocenters. The van der Waals surface area contributed by atoms with Crippen molar-refractivity contribution < 1.29 is 14.4 Å². The normalized spacial score (nSPS) is 19.8. The van der Waals surface area contributed by atoms with Crippen LogP contribution in [0.2, 0.25) is 0 Å². The fourth-order valence-electron chi connectivity index (χ4n) is 8.27. The van der Waals surface area contributed by atoms with Crippen molar-refractivity contribution in [2.45, 2.75) is 89.9 Å². The van der Waals surface area contributed by atoms with E-state index in [4.69, 9.17) is 0 Å². The summed E-state index contributed by atoms with van der Waals surface area (Å²) in [6.45, 7) is 11.1. The molecule has 3 aromatic carbocycles. The number of carbonyl (C=O) groups excluding carboxylic acids is 3. The van der Waals surface area contributed by atoms with Gasteiger partial charge in [-0.2, -0.15) is 0 Å². The Labute approximate surface area is 286 Å². The van der Waals surface area contributed by atoms with Gasteiger partial charge >= 0.3 is 0 Å². The van der Waals surface area contributed by atoms with Gasteiger partial charge in [-0.15, -0.1) is 0 Å². The topological polar surface area (TPSA) is 85.0 Å². The molecule has 3 amide bonds. The molecule has 3 aliphatic heterocycles. The number of carbonyl (C=O) groups is 3. The summed E-state index contributed by atoms with van der Waals surface area (Å²) in [6.07, 6.45) is 5.56. The first-order valence-electron chi connectivity index (χ1n) is 18.1. The zero-order valence-electron chi connectivity index (χ0n) is 29.0. The molecule has 3 aliphatic rings. The fraction of sp³-hybridized carbons (Fsp3) is 0.525. The molecule has 2 saturated heterocycles. The number of amides is 3. The number of hydrogen-bond acceptors (Lipinski definition) is 5. The van der Waals surface area contributed by atoms with Crippen molar-refractivity contribution in [2.24, 2.45) is 5.92 Å². The number of likely N-dealkylation sites (tertiary alicyclic amines) is 2. The number of fused-ring (bicyclic) bond motifs is 2. The molecule has 2 fully saturated rings. The molecule has 256 valence electrons. The van der Waals surface area contributed by atoms with E-state index in [9.17, 15) is 14.4 Å². The monoisotopic (exact) mass is 651 g/mol. The lowest BCUT2D eigenvalue weighted by Gasteiger charge is -2.46. The molecule has 8 heteroatoms. The van der Waals surface area contributed by atoms with Gasteiger partial charge in [0, 0.05) is 70.6 Å². The molecule has 0 spiro atoms. The first-order valence-corrected chi connectivity index (χ1v) is 18.1. The maximum Gasteiger partial charge on any atom is 0.245 e. The molecule has 0 bridgehead atoms. The summed E-state index contributed by atoms with van der Waals surface area (Å²) in [5, 5.41) is 9.00. The maximum absolute atomic E-state index is 14.4. The van der Waals surface area contributed by atoms with Gasteiger partial charge in [-0.1, -0.05) is 80.6 Å². The van der Waals surface area contributed by atoms with Crippen molar-refractivity contribution in [2.75, 3.05) is 39.3 Å². The molecule has 8 nitrogen and oxygen atoms in total. The van der Waals surface area contributed by atoms with E-state index in [0.29, 0.717) is 43.9 Å². The van der Waals surface area contributed by atoms with Crippen LogP contribution in [-0.4, -0.2) is 89.8 Å². The first-order chi connectivity index (χ1) is 23.3. The lowest BCUT2D eigenvalue weighted by Crippen LogP contribution is -2.56. The predicted molar refractivity (Wildman–Crippen MR) is 192 cm³/mol. The number of piperidine rings is 2. The van der Waals surface area contributed by atoms with Crippen LogP contribution in [0.3, 0.4) is 0 Å². The summed E-state index contributed by atoms with van der Waals surface area (Å²) in [6, 6.07) is 23.0. The van der Waals surface area contributed by atoms with Gasteiger partial charge in [0.25, 0.3) is 0 Å². The Morgan fingerprint density at radius 1 is 0.854 bits per heavy atom. The molecule has 2 atom stereocenters. The highest BCUT2D eigenvalue weighted by molar-refractivity contribution is 5.90. The lowest BCUT2D eigenvalue weighted by atomic mass is 9.92. The van der Waals surface area contributed by atoms with Crippen molar-refractivity contribution in [3.8, 4) is 0 Å². The molecule has 3 heterocycles. The molecule has 0 aliphatic carbocycles. The van der Waals surface area contributed by atoms with E-state index in [2.05, 4.69) is 71.8 Å². The summed E-state index contributed by atoms with van der Waals surface area (Å²) in [5.41, 5.74) is 3.54. The minimum Gasteiger partial charge on any atom is -0.344 e. The molecule has 0 saturated carbocycles. The third kappa shape index (κ3) is 8.09. The number of hydrogen-bond donors (Lipinski definition) is 2. The number of benzene rings is 3. The van der Waals surface area contributed by atoms with Crippen LogP contribution in [-0.2, 0) is 27.2 Å². The van der Waals surface area contributed by atoms with Crippen LogP contribution in [0.4, 0.5) is 0 Å². The van der Waals surface area contributed by atoms with Gasteiger partial charge in [0.2, 0.25) is 17.7 Å². The quantitative estimate of drug-likeness (QED) is 0.319. The van der Waals surface area contributed by atoms with E-state index in [0.717, 1.165) is 74.6 Å². The zero-order chi connectivity index (χ0) is 33.6. The average Bonchev–Trinajstić information content (AvgIpc) is 3.10. The predicted octanol–water partition coefficient (Wildman–Crippen LogP) is 5.10. The summed E-state index contributed by atoms with van der Waals surface area (Å²) in [4.78, 5) is 46.7. The van der Waals surface area contributed by atoms with Gasteiger partial charge in [0.1, 0.15) is 6.04 Å². The molecule has 2 N–H and O–H groups in total. The second-order valence-electron chi connectivity index (χ2n) is 14.5. The highest BCUT2D eigenvalue weighted by Crippen LogP contribution is 2.28. The van der Waals surface area contributed by atoms with E-state index >= 15 is 0 Å². The summed E-state index contributed by atoms with van der Waals surface area (Å²) in [7, 11) is 0. The van der Waals surface area contributed by atoms with Gasteiger partial charge in [-0.25, -0.2) is 0 Å². The average molecular weight is 652 g/mol. The summed E-state index contributed by atoms with van der Waals surface area (Å²) >= 11 is 0. The Morgan fingerprint density at radius 2 is 1.50 bits per heavy atom. The van der Waals surface area contributed by atoms with Crippen LogP contribution in [0, 0.1) is 5.92 Å². The molecule has 48 heavy (non-hydrogen) atoms. The number of nitrogens with one attached hydrogen (secondary N) is 2. The van der Waals surface area contributed by atoms with E-state index in [1.807, 2.05) is 34.1 Å². The van der Waals surface area contributed by atoms with Gasteiger partial charge in [0.15, 0.2) is 0 Å². The number of rotatable bonds is 10. The SMILES string of the molecule is CC(=O)N1CCC(N(CC(C)C)C2CCN(C(=O)C(Cc3cccc4ccccc34)NC(=O)CC3NCCc4ccccc43)CC2)CC1. The highest BCUT2D eigenvalue weighted by atomic mass is 16.2. The van der Waals surface area contributed by atoms with Gasteiger partial charge in [0.05, 0.1) is 0 Å². The van der Waals surface area contributed by atoms with Crippen molar-refractivity contribution in [1.29, 1.82) is 0 Å². The molecular weight excluding hydrogens is 598 g/mol. The largest absolute Gasteiger partial charge is 0.344 e. The van der Waals surface area contributed by atoms with Crippen molar-refractivity contribution in [3.05, 3.63) is 83.4 Å². The van der Waals surface area contributed by atoms with Crippen LogP contribution in [0.25, 0.3) is 10.8 Å². The maximum atomic E-state index is 14.4. The minimum absolute atomic E-state index is 0.0110. The molecule has 3 aromatic rings. The van der Waals surface area contributed by atoms with E-state index in [-0.39, 0.29) is 23.8 Å². The lowest BCUT2D eigenvalue weighted by molar-refractivity contribution is -0.138. The third-order valence-corrected chi connectivity index (χ3v) is 10.7. The second kappa shape index (κ2) is 15.6. The Hall–Kier alpha value is -3.75. The van der Waals surface area contributed by atoms with Crippen LogP contribution >= 0.6 is 0 Å². The molecule has 0 aromatic heterocycles. The standard InChI is InChI=1S/C40H53N5O3/c1-28(2)27-45(33-16-21-43(22-17-33)29(3)46)34-18-23-44(24-19-34)40(48)38(25-32-12-8-11-30-9-4-6-13-35(30)32)42-39(47)26-37-36-14-7-5-10-31(36)15-20-41-37/h4-14,28,33-34,37-38,41H,15-27H2,1-3H3,(H,42,47). The number of nitrogens with zero attached hydrogens (tertiary/aromatic N) is 3. The van der Waals surface area contributed by atoms with Crippen molar-refractivity contribution in [1.82, 2.24) is 25.3 Å². The fourth-order valence-corrected chi connectivity index (χ4v) is 8.27. The van der Waals surface area contributed by atoms with Crippen molar-refractivity contribution >= 4 is 28.5 Å². The minimum atomic E-state index is -0.638. The van der Waals surface area contributed by atoms with Crippen LogP contribution in [0.1, 0.15) is 75.6 Å². The van der Waals surface area contributed by atoms with Gasteiger partial charge in [-0.05, 0) is 72.0 Å². The van der Waals surface area contributed by atoms with Crippen LogP contribution < -0.4 is 10.6 Å².